The Morgan fingerprint density at radius 3 is 2.12 bits per heavy atom. The van der Waals surface area contributed by atoms with Gasteiger partial charge in [0.05, 0.1) is 12.2 Å². The second-order valence-electron chi connectivity index (χ2n) is 6.25. The van der Waals surface area contributed by atoms with E-state index in [1.54, 1.807) is 30.3 Å². The second kappa shape index (κ2) is 8.87. The number of ether oxygens (including phenoxy) is 1. The Kier molecular flexibility index (Phi) is 6.57. The minimum Gasteiger partial charge on any atom is -0.493 e. The van der Waals surface area contributed by atoms with E-state index < -0.39 is 5.91 Å². The van der Waals surface area contributed by atoms with Crippen molar-refractivity contribution in [2.24, 2.45) is 5.92 Å². The van der Waals surface area contributed by atoms with Crippen molar-refractivity contribution in [2.45, 2.75) is 27.2 Å². The van der Waals surface area contributed by atoms with Gasteiger partial charge in [-0.25, -0.2) is 0 Å². The molecule has 0 heterocycles. The highest BCUT2D eigenvalue weighted by molar-refractivity contribution is 6.00. The van der Waals surface area contributed by atoms with Crippen molar-refractivity contribution >= 4 is 11.8 Å². The number of rotatable bonds is 6. The van der Waals surface area contributed by atoms with E-state index in [-0.39, 0.29) is 5.91 Å². The van der Waals surface area contributed by atoms with Crippen molar-refractivity contribution < 1.29 is 14.3 Å². The van der Waals surface area contributed by atoms with Gasteiger partial charge in [-0.1, -0.05) is 44.2 Å². The third kappa shape index (κ3) is 5.35. The van der Waals surface area contributed by atoms with E-state index in [0.29, 0.717) is 29.4 Å². The molecule has 2 rings (SSSR count). The van der Waals surface area contributed by atoms with Crippen LogP contribution in [0.15, 0.2) is 48.5 Å². The molecular weight excluding hydrogens is 316 g/mol. The lowest BCUT2D eigenvalue weighted by atomic mass is 10.1. The van der Waals surface area contributed by atoms with Gasteiger partial charge in [0.25, 0.3) is 11.8 Å². The molecule has 0 aliphatic heterocycles. The molecule has 0 spiro atoms. The lowest BCUT2D eigenvalue weighted by Gasteiger charge is -2.13. The monoisotopic (exact) mass is 340 g/mol. The van der Waals surface area contributed by atoms with Gasteiger partial charge in [-0.15, -0.1) is 0 Å². The van der Waals surface area contributed by atoms with Crippen molar-refractivity contribution in [3.63, 3.8) is 0 Å². The first-order chi connectivity index (χ1) is 12.0. The van der Waals surface area contributed by atoms with E-state index in [1.807, 2.05) is 25.1 Å². The molecule has 0 saturated carbocycles. The van der Waals surface area contributed by atoms with Gasteiger partial charge < -0.3 is 4.74 Å². The topological polar surface area (TPSA) is 67.4 Å². The van der Waals surface area contributed by atoms with E-state index in [4.69, 9.17) is 4.74 Å². The van der Waals surface area contributed by atoms with Crippen LogP contribution in [0.25, 0.3) is 0 Å². The first-order valence-electron chi connectivity index (χ1n) is 8.37. The maximum absolute atomic E-state index is 12.4. The minimum atomic E-state index is -0.415. The molecule has 5 heteroatoms. The molecular formula is C20H24N2O3. The van der Waals surface area contributed by atoms with E-state index in [2.05, 4.69) is 24.7 Å². The van der Waals surface area contributed by atoms with Crippen LogP contribution in [0.4, 0.5) is 0 Å². The van der Waals surface area contributed by atoms with Crippen molar-refractivity contribution in [1.29, 1.82) is 0 Å². The molecule has 0 saturated heterocycles. The number of hydrogen-bond acceptors (Lipinski definition) is 3. The Balaban J connectivity index is 1.99. The quantitative estimate of drug-likeness (QED) is 0.791. The average Bonchev–Trinajstić information content (AvgIpc) is 2.60. The summed E-state index contributed by atoms with van der Waals surface area (Å²) in [5, 5.41) is 0. The number of hydrazine groups is 1. The Morgan fingerprint density at radius 2 is 1.48 bits per heavy atom. The number of aryl methyl sites for hydroxylation is 1. The van der Waals surface area contributed by atoms with Crippen molar-refractivity contribution in [3.8, 4) is 5.75 Å². The van der Waals surface area contributed by atoms with Gasteiger partial charge in [0.15, 0.2) is 0 Å². The fraction of sp³-hybridized carbons (Fsp3) is 0.300. The third-order valence-electron chi connectivity index (χ3n) is 3.76. The zero-order valence-electron chi connectivity index (χ0n) is 14.8. The summed E-state index contributed by atoms with van der Waals surface area (Å²) < 4.78 is 5.71. The predicted molar refractivity (Wildman–Crippen MR) is 97.5 cm³/mol. The molecule has 2 N–H and O–H groups in total. The van der Waals surface area contributed by atoms with Gasteiger partial charge in [-0.3, -0.25) is 20.4 Å². The van der Waals surface area contributed by atoms with Crippen LogP contribution in [0.2, 0.25) is 0 Å². The summed E-state index contributed by atoms with van der Waals surface area (Å²) in [7, 11) is 0. The summed E-state index contributed by atoms with van der Waals surface area (Å²) in [6, 6.07) is 14.2. The lowest BCUT2D eigenvalue weighted by molar-refractivity contribution is 0.0844. The zero-order valence-corrected chi connectivity index (χ0v) is 14.8. The number of para-hydroxylation sites is 1. The zero-order chi connectivity index (χ0) is 18.2. The van der Waals surface area contributed by atoms with E-state index in [0.717, 1.165) is 12.0 Å². The molecule has 132 valence electrons. The summed E-state index contributed by atoms with van der Waals surface area (Å²) in [4.78, 5) is 24.6. The molecule has 5 nitrogen and oxygen atoms in total. The minimum absolute atomic E-state index is 0.357. The van der Waals surface area contributed by atoms with Crippen LogP contribution in [-0.2, 0) is 0 Å². The summed E-state index contributed by atoms with van der Waals surface area (Å²) in [6.07, 6.45) is 0.903. The molecule has 0 aromatic heterocycles. The third-order valence-corrected chi connectivity index (χ3v) is 3.76. The molecule has 2 aromatic carbocycles. The van der Waals surface area contributed by atoms with Crippen LogP contribution in [0.1, 0.15) is 46.5 Å². The molecule has 0 radical (unpaired) electrons. The van der Waals surface area contributed by atoms with Gasteiger partial charge in [-0.2, -0.15) is 0 Å². The van der Waals surface area contributed by atoms with E-state index >= 15 is 0 Å². The number of hydrogen-bond donors (Lipinski definition) is 2. The molecule has 0 aliphatic rings. The van der Waals surface area contributed by atoms with Crippen LogP contribution in [0, 0.1) is 12.8 Å². The molecule has 0 fully saturated rings. The molecule has 2 amide bonds. The van der Waals surface area contributed by atoms with Gasteiger partial charge in [-0.05, 0) is 43.0 Å². The summed E-state index contributed by atoms with van der Waals surface area (Å²) in [5.41, 5.74) is 6.63. The SMILES string of the molecule is Cc1ccccc1C(=O)NNC(=O)c1ccccc1OCCC(C)C. The number of carbonyl (C=O) groups is 2. The largest absolute Gasteiger partial charge is 0.493 e. The first-order valence-corrected chi connectivity index (χ1v) is 8.37. The highest BCUT2D eigenvalue weighted by atomic mass is 16.5. The summed E-state index contributed by atoms with van der Waals surface area (Å²) in [6.45, 7) is 6.61. The Hall–Kier alpha value is -2.82. The van der Waals surface area contributed by atoms with Gasteiger partial charge in [0.1, 0.15) is 5.75 Å². The van der Waals surface area contributed by atoms with Crippen molar-refractivity contribution in [2.75, 3.05) is 6.61 Å². The normalized spacial score (nSPS) is 10.4. The van der Waals surface area contributed by atoms with Gasteiger partial charge in [0.2, 0.25) is 0 Å². The van der Waals surface area contributed by atoms with Gasteiger partial charge in [0, 0.05) is 5.56 Å². The Bertz CT molecular complexity index is 741. The standard InChI is InChI=1S/C20H24N2O3/c1-14(2)12-13-25-18-11-7-6-10-17(18)20(24)22-21-19(23)16-9-5-4-8-15(16)3/h4-11,14H,12-13H2,1-3H3,(H,21,23)(H,22,24). The summed E-state index contributed by atoms with van der Waals surface area (Å²) in [5.74, 6) is 0.256. The Labute approximate surface area is 148 Å². The maximum Gasteiger partial charge on any atom is 0.273 e. The number of amides is 2. The van der Waals surface area contributed by atoms with Crippen LogP contribution in [0.3, 0.4) is 0 Å². The molecule has 0 unspecified atom stereocenters. The van der Waals surface area contributed by atoms with Crippen molar-refractivity contribution in [1.82, 2.24) is 10.9 Å². The van der Waals surface area contributed by atoms with Gasteiger partial charge >= 0.3 is 0 Å². The van der Waals surface area contributed by atoms with Crippen LogP contribution in [-0.4, -0.2) is 18.4 Å². The molecule has 2 aromatic rings. The molecule has 0 aliphatic carbocycles. The van der Waals surface area contributed by atoms with E-state index in [1.165, 1.54) is 0 Å². The molecule has 25 heavy (non-hydrogen) atoms. The molecule has 0 bridgehead atoms. The fourth-order valence-corrected chi connectivity index (χ4v) is 2.26. The first kappa shape index (κ1) is 18.5. The number of carbonyl (C=O) groups excluding carboxylic acids is 2. The number of benzene rings is 2. The maximum atomic E-state index is 12.4. The Morgan fingerprint density at radius 1 is 0.920 bits per heavy atom. The lowest BCUT2D eigenvalue weighted by Crippen LogP contribution is -2.42. The highest BCUT2D eigenvalue weighted by Crippen LogP contribution is 2.18. The number of nitrogens with one attached hydrogen (secondary N) is 2. The second-order valence-corrected chi connectivity index (χ2v) is 6.25. The highest BCUT2D eigenvalue weighted by Gasteiger charge is 2.14. The van der Waals surface area contributed by atoms with Crippen molar-refractivity contribution in [3.05, 3.63) is 65.2 Å². The predicted octanol–water partition coefficient (Wildman–Crippen LogP) is 3.49. The van der Waals surface area contributed by atoms with Crippen LogP contribution >= 0.6 is 0 Å². The average molecular weight is 340 g/mol. The van der Waals surface area contributed by atoms with Crippen LogP contribution < -0.4 is 15.6 Å². The fourth-order valence-electron chi connectivity index (χ4n) is 2.26. The molecule has 0 atom stereocenters. The van der Waals surface area contributed by atoms with Crippen LogP contribution in [0.5, 0.6) is 5.75 Å². The summed E-state index contributed by atoms with van der Waals surface area (Å²) >= 11 is 0. The smallest absolute Gasteiger partial charge is 0.273 e. The van der Waals surface area contributed by atoms with E-state index in [9.17, 15) is 9.59 Å².